The summed E-state index contributed by atoms with van der Waals surface area (Å²) in [7, 11) is -4.05. The van der Waals surface area contributed by atoms with Crippen molar-refractivity contribution in [3.05, 3.63) is 65.7 Å². The zero-order valence-corrected chi connectivity index (χ0v) is 21.2. The third kappa shape index (κ3) is 9.58. The molecular weight excluding hydrogens is 470 g/mol. The van der Waals surface area contributed by atoms with E-state index in [1.807, 2.05) is 44.2 Å². The van der Waals surface area contributed by atoms with E-state index in [9.17, 15) is 28.2 Å². The number of rotatable bonds is 12. The zero-order chi connectivity index (χ0) is 26.0. The van der Waals surface area contributed by atoms with Gasteiger partial charge >= 0.3 is 12.1 Å². The van der Waals surface area contributed by atoms with Gasteiger partial charge in [0.25, 0.3) is 10.0 Å². The van der Waals surface area contributed by atoms with Crippen molar-refractivity contribution in [2.75, 3.05) is 23.7 Å². The smallest absolute Gasteiger partial charge is 0.415 e. The number of urea groups is 1. The third-order valence-corrected chi connectivity index (χ3v) is 6.57. The topological polar surface area (TPSA) is 127 Å². The van der Waals surface area contributed by atoms with Crippen LogP contribution in [-0.2, 0) is 16.4 Å². The van der Waals surface area contributed by atoms with E-state index in [1.54, 1.807) is 19.1 Å². The number of carbonyl (C=O) groups is 2. The van der Waals surface area contributed by atoms with Gasteiger partial charge in [-0.15, -0.1) is 0 Å². The van der Waals surface area contributed by atoms with Crippen LogP contribution in [0.2, 0.25) is 0 Å². The number of aliphatic hydroxyl groups excluding tert-OH is 1. The summed E-state index contributed by atoms with van der Waals surface area (Å²) in [5, 5.41) is 19.4. The van der Waals surface area contributed by atoms with Crippen molar-refractivity contribution in [1.29, 1.82) is 0 Å². The Bertz CT molecular complexity index is 1070. The summed E-state index contributed by atoms with van der Waals surface area (Å²) in [6.07, 6.45) is -0.666. The summed E-state index contributed by atoms with van der Waals surface area (Å²) in [5.41, 5.74) is 1.81. The first-order chi connectivity index (χ1) is 16.5. The van der Waals surface area contributed by atoms with E-state index < -0.39 is 34.1 Å². The molecule has 0 heterocycles. The summed E-state index contributed by atoms with van der Waals surface area (Å²) in [5.74, 6) is -0.534. The van der Waals surface area contributed by atoms with Crippen LogP contribution in [0, 0.1) is 5.92 Å². The highest BCUT2D eigenvalue weighted by Gasteiger charge is 2.29. The molecule has 0 bridgehead atoms. The Labute approximate surface area is 207 Å². The van der Waals surface area contributed by atoms with E-state index in [0.717, 1.165) is 10.5 Å². The lowest BCUT2D eigenvalue weighted by Gasteiger charge is -2.28. The van der Waals surface area contributed by atoms with Gasteiger partial charge < -0.3 is 15.1 Å². The Morgan fingerprint density at radius 2 is 1.69 bits per heavy atom. The highest BCUT2D eigenvalue weighted by molar-refractivity contribution is 7.92. The van der Waals surface area contributed by atoms with Crippen LogP contribution in [0.15, 0.2) is 54.6 Å². The number of nitrogens with one attached hydrogen (secondary N) is 1. The first-order valence-corrected chi connectivity index (χ1v) is 13.3. The molecule has 3 N–H and O–H groups in total. The fraction of sp³-hybridized carbons (Fsp3) is 0.440. The molecule has 10 heteroatoms. The monoisotopic (exact) mass is 505 g/mol. The summed E-state index contributed by atoms with van der Waals surface area (Å²) >= 11 is 0. The van der Waals surface area contributed by atoms with Gasteiger partial charge in [0.05, 0.1) is 6.10 Å². The van der Waals surface area contributed by atoms with Gasteiger partial charge in [-0.3, -0.25) is 4.72 Å². The maximum atomic E-state index is 13.2. The molecule has 0 fully saturated rings. The number of sulfonamides is 1. The van der Waals surface area contributed by atoms with Gasteiger partial charge in [-0.1, -0.05) is 56.3 Å². The Balaban J connectivity index is 2.21. The molecule has 3 amide bonds. The number of imide groups is 1. The number of aryl methyl sites for hydroxylation is 1. The second kappa shape index (κ2) is 13.1. The fourth-order valence-corrected chi connectivity index (χ4v) is 4.64. The number of anilines is 1. The molecule has 2 aromatic carbocycles. The number of hydrogen-bond acceptors (Lipinski definition) is 5. The lowest BCUT2D eigenvalue weighted by atomic mass is 10.1. The van der Waals surface area contributed by atoms with E-state index in [1.165, 1.54) is 12.1 Å². The van der Waals surface area contributed by atoms with Crippen molar-refractivity contribution in [1.82, 2.24) is 9.80 Å². The van der Waals surface area contributed by atoms with Crippen LogP contribution in [0.1, 0.15) is 50.8 Å². The van der Waals surface area contributed by atoms with Crippen molar-refractivity contribution < 1.29 is 28.2 Å². The van der Waals surface area contributed by atoms with E-state index in [-0.39, 0.29) is 24.7 Å². The summed E-state index contributed by atoms with van der Waals surface area (Å²) < 4.78 is 28.3. The first-order valence-electron chi connectivity index (χ1n) is 11.6. The Hall–Kier alpha value is -3.11. The highest BCUT2D eigenvalue weighted by atomic mass is 32.2. The average molecular weight is 506 g/mol. The van der Waals surface area contributed by atoms with Gasteiger partial charge in [-0.25, -0.2) is 22.9 Å². The number of nitrogens with zero attached hydrogens (tertiary/aromatic N) is 2. The molecule has 2 aromatic rings. The van der Waals surface area contributed by atoms with Gasteiger partial charge in [-0.2, -0.15) is 0 Å². The summed E-state index contributed by atoms with van der Waals surface area (Å²) in [4.78, 5) is 26.7. The zero-order valence-electron chi connectivity index (χ0n) is 20.4. The lowest BCUT2D eigenvalue weighted by Crippen LogP contribution is -2.49. The summed E-state index contributed by atoms with van der Waals surface area (Å²) in [6.45, 7) is 5.44. The number of hydrogen-bond donors (Lipinski definition) is 3. The van der Waals surface area contributed by atoms with E-state index in [2.05, 4.69) is 4.72 Å². The third-order valence-electron chi connectivity index (χ3n) is 5.37. The van der Waals surface area contributed by atoms with Gasteiger partial charge in [0.1, 0.15) is 5.88 Å². The molecule has 0 unspecified atom stereocenters. The Morgan fingerprint density at radius 3 is 2.29 bits per heavy atom. The minimum Gasteiger partial charge on any atom is -0.465 e. The van der Waals surface area contributed by atoms with Gasteiger partial charge in [0, 0.05) is 18.8 Å². The molecule has 0 aliphatic rings. The molecular formula is C25H35N3O6S. The van der Waals surface area contributed by atoms with Crippen LogP contribution in [-0.4, -0.2) is 59.5 Å². The molecule has 0 saturated heterocycles. The molecule has 0 saturated carbocycles. The predicted octanol–water partition coefficient (Wildman–Crippen LogP) is 4.52. The molecule has 35 heavy (non-hydrogen) atoms. The molecule has 0 aliphatic heterocycles. The standard InChI is InChI=1S/C25H35N3O6S/c1-19(2)14-16-28(25(31)32)24(30)27(15-8-11-21-9-5-4-6-10-21)18-35(33,34)26-23-13-7-12-22(17-23)20(3)29/h4-7,9-10,12-13,17,19-20,26,29H,8,11,14-16,18H2,1-3H3,(H,31,32)/t20-/m0/s1. The predicted molar refractivity (Wildman–Crippen MR) is 136 cm³/mol. The van der Waals surface area contributed by atoms with Gasteiger partial charge in [-0.05, 0) is 55.4 Å². The molecule has 0 aliphatic carbocycles. The van der Waals surface area contributed by atoms with Crippen molar-refractivity contribution in [3.8, 4) is 0 Å². The van der Waals surface area contributed by atoms with Crippen molar-refractivity contribution in [3.63, 3.8) is 0 Å². The van der Waals surface area contributed by atoms with E-state index in [0.29, 0.717) is 29.7 Å². The lowest BCUT2D eigenvalue weighted by molar-refractivity contribution is 0.129. The Morgan fingerprint density at radius 1 is 1.00 bits per heavy atom. The largest absolute Gasteiger partial charge is 0.465 e. The molecule has 1 atom stereocenters. The Kier molecular flexibility index (Phi) is 10.5. The quantitative estimate of drug-likeness (QED) is 0.389. The van der Waals surface area contributed by atoms with E-state index in [4.69, 9.17) is 0 Å². The van der Waals surface area contributed by atoms with E-state index >= 15 is 0 Å². The van der Waals surface area contributed by atoms with Gasteiger partial charge in [0.2, 0.25) is 0 Å². The molecule has 0 radical (unpaired) electrons. The summed E-state index contributed by atoms with van der Waals surface area (Å²) in [6, 6.07) is 15.0. The van der Waals surface area contributed by atoms with Crippen molar-refractivity contribution in [2.45, 2.75) is 46.1 Å². The molecule has 2 rings (SSSR count). The van der Waals surface area contributed by atoms with Crippen molar-refractivity contribution >= 4 is 27.8 Å². The van der Waals surface area contributed by atoms with Crippen LogP contribution in [0.3, 0.4) is 0 Å². The highest BCUT2D eigenvalue weighted by Crippen LogP contribution is 2.19. The molecule has 0 spiro atoms. The maximum absolute atomic E-state index is 13.2. The van der Waals surface area contributed by atoms with Crippen LogP contribution in [0.25, 0.3) is 0 Å². The van der Waals surface area contributed by atoms with Crippen LogP contribution in [0.4, 0.5) is 15.3 Å². The number of benzene rings is 2. The molecule has 192 valence electrons. The number of carbonyl (C=O) groups excluding carboxylic acids is 1. The average Bonchev–Trinajstić information content (AvgIpc) is 2.78. The minimum atomic E-state index is -4.05. The van der Waals surface area contributed by atoms with Crippen molar-refractivity contribution in [2.24, 2.45) is 5.92 Å². The minimum absolute atomic E-state index is 0.0229. The second-order valence-electron chi connectivity index (χ2n) is 8.90. The van der Waals surface area contributed by atoms with Crippen LogP contribution >= 0.6 is 0 Å². The SMILES string of the molecule is CC(C)CCN(C(=O)O)C(=O)N(CCCc1ccccc1)CS(=O)(=O)Nc1cccc([C@H](C)O)c1. The fourth-order valence-electron chi connectivity index (χ4n) is 3.44. The maximum Gasteiger partial charge on any atom is 0.415 e. The number of aliphatic hydroxyl groups is 1. The number of amides is 3. The molecule has 0 aromatic heterocycles. The molecule has 9 nitrogen and oxygen atoms in total. The second-order valence-corrected chi connectivity index (χ2v) is 10.6. The van der Waals surface area contributed by atoms with Gasteiger partial charge in [0.15, 0.2) is 0 Å². The first kappa shape index (κ1) is 28.1. The van der Waals surface area contributed by atoms with Crippen LogP contribution < -0.4 is 4.72 Å². The van der Waals surface area contributed by atoms with Crippen LogP contribution in [0.5, 0.6) is 0 Å². The normalized spacial score (nSPS) is 12.3. The number of carboxylic acid groups (broad SMARTS) is 1.